The molecule has 15 atom stereocenters. The van der Waals surface area contributed by atoms with E-state index in [4.69, 9.17) is 17.2 Å². The molecule has 5 aromatic rings. The van der Waals surface area contributed by atoms with E-state index in [0.29, 0.717) is 33.8 Å². The summed E-state index contributed by atoms with van der Waals surface area (Å²) in [6.07, 6.45) is -2.62. The smallest absolute Gasteiger partial charge is 0.305 e. The molecule has 18 amide bonds. The number of nitrogens with one attached hydrogen (secondary N) is 14. The number of thioether (sulfide) groups is 1. The van der Waals surface area contributed by atoms with Gasteiger partial charge in [-0.1, -0.05) is 140 Å². The zero-order valence-electron chi connectivity index (χ0n) is 74.9. The molecule has 0 spiro atoms. The number of likely N-dealkylation sites (N-methyl/N-ethyl adjacent to an activating group) is 1. The number of rotatable bonds is 23. The molecule has 23 N–H and O–H groups in total. The number of hydrogen-bond acceptors (Lipinski definition) is 22. The summed E-state index contributed by atoms with van der Waals surface area (Å²) in [5.74, 6) is -24.8. The normalized spacial score (nSPS) is 24.2. The number of carboxylic acid groups (broad SMARTS) is 1. The average Bonchev–Trinajstić information content (AvgIpc) is 1.72. The van der Waals surface area contributed by atoms with Crippen molar-refractivity contribution in [3.05, 3.63) is 126 Å². The van der Waals surface area contributed by atoms with Crippen molar-refractivity contribution < 1.29 is 106 Å². The van der Waals surface area contributed by atoms with Crippen LogP contribution >= 0.6 is 11.8 Å². The fourth-order valence-corrected chi connectivity index (χ4v) is 15.6. The molecule has 0 bridgehead atoms. The number of phenols is 1. The lowest BCUT2D eigenvalue weighted by molar-refractivity contribution is -0.148. The highest BCUT2D eigenvalue weighted by molar-refractivity contribution is 8.00. The van der Waals surface area contributed by atoms with Gasteiger partial charge in [-0.25, -0.2) is 0 Å². The number of aliphatic hydroxyl groups is 1. The Bertz CT molecular complexity index is 4960. The summed E-state index contributed by atoms with van der Waals surface area (Å²) in [5, 5.41) is 64.4. The van der Waals surface area contributed by atoms with E-state index in [1.807, 2.05) is 30.3 Å². The van der Waals surface area contributed by atoms with Crippen LogP contribution in [-0.2, 0) is 110 Å². The first-order chi connectivity index (χ1) is 61.8. The Morgan fingerprint density at radius 3 is 1.44 bits per heavy atom. The Balaban J connectivity index is 1.31. The van der Waals surface area contributed by atoms with Crippen LogP contribution in [0.1, 0.15) is 131 Å². The first kappa shape index (κ1) is 105. The molecule has 2 saturated heterocycles. The second-order valence-electron chi connectivity index (χ2n) is 34.2. The molecule has 2 aliphatic rings. The largest absolute Gasteiger partial charge is 0.508 e. The summed E-state index contributed by atoms with van der Waals surface area (Å²) in [4.78, 5) is 276. The molecule has 42 heteroatoms. The van der Waals surface area contributed by atoms with E-state index < -0.39 is 264 Å². The summed E-state index contributed by atoms with van der Waals surface area (Å²) < 4.78 is 0. The zero-order valence-corrected chi connectivity index (χ0v) is 75.7. The van der Waals surface area contributed by atoms with E-state index in [-0.39, 0.29) is 62.3 Å². The summed E-state index contributed by atoms with van der Waals surface area (Å²) in [6, 6.07) is 3.43. The zero-order chi connectivity index (χ0) is 96.9. The van der Waals surface area contributed by atoms with Gasteiger partial charge in [-0.3, -0.25) is 91.1 Å². The summed E-state index contributed by atoms with van der Waals surface area (Å²) in [6.45, 7) is 14.4. The Labute approximate surface area is 761 Å². The first-order valence-corrected chi connectivity index (χ1v) is 44.2. The molecule has 7 rings (SSSR count). The minimum atomic E-state index is -2.12. The van der Waals surface area contributed by atoms with Gasteiger partial charge in [0.05, 0.1) is 31.6 Å². The van der Waals surface area contributed by atoms with E-state index >= 15 is 24.0 Å². The van der Waals surface area contributed by atoms with Gasteiger partial charge in [-0.05, 0) is 109 Å². The maximum atomic E-state index is 15.4. The molecule has 2 aliphatic heterocycles. The number of nitrogens with two attached hydrogens (primary N) is 3. The van der Waals surface area contributed by atoms with Crippen molar-refractivity contribution in [2.75, 3.05) is 31.7 Å². The van der Waals surface area contributed by atoms with E-state index in [0.717, 1.165) is 16.0 Å². The lowest BCUT2D eigenvalue weighted by atomic mass is 9.97. The number of benzene rings is 4. The quantitative estimate of drug-likeness (QED) is 0.0324. The van der Waals surface area contributed by atoms with Gasteiger partial charge in [0.2, 0.25) is 106 Å². The number of aromatic amines is 1. The molecular formula is C89H121N19O22S. The Kier molecular flexibility index (Phi) is 39.3. The summed E-state index contributed by atoms with van der Waals surface area (Å²) in [5.41, 5.74) is 20.1. The highest BCUT2D eigenvalue weighted by atomic mass is 32.2. The number of H-pyrrole nitrogens is 1. The average molecular weight is 1840 g/mol. The molecule has 0 aliphatic carbocycles. The van der Waals surface area contributed by atoms with E-state index in [1.54, 1.807) is 96.3 Å². The molecule has 41 nitrogen and oxygen atoms in total. The number of carboxylic acids is 1. The SMILES string of the molecule is CC(C)C[C@@H]1NC(=O)[C@H](Cc2c[nH]c3ccccc23)NC(=O)[C@H](CC(=O)O)NC(=O)[C@H](Cc2ccc(O)cc2)NC(=O)[C@H](CC(N)=O)NC(=O)CSC[C@@H](C(=O)N[C@@H](C)C(N)=O)NC(=O)[C@H](CO)NC(=O)[C@H](C(C)C)NC(=O)[C@H](CC(C)C)NC(=O)[C@H](CC(N)=O)NC(=O)[C@H]2CCCN2C(=O)[C@H](C)N(C)C(=O)[C@H](C(C)C)NC(=O)[C@H](Cc2ccc(-c3ccccc3)cc2)NC1=O. The second kappa shape index (κ2) is 49.3. The lowest BCUT2D eigenvalue weighted by Crippen LogP contribution is -2.62. The Hall–Kier alpha value is -13.5. The van der Waals surface area contributed by atoms with Crippen LogP contribution in [0.25, 0.3) is 22.0 Å². The summed E-state index contributed by atoms with van der Waals surface area (Å²) >= 11 is 0.602. The van der Waals surface area contributed by atoms with Crippen molar-refractivity contribution in [2.24, 2.45) is 40.9 Å². The second-order valence-corrected chi connectivity index (χ2v) is 35.2. The number of carbonyl (C=O) groups excluding carboxylic acids is 18. The predicted molar refractivity (Wildman–Crippen MR) is 479 cm³/mol. The number of primary amides is 3. The number of carbonyl (C=O) groups is 19. The number of aliphatic carboxylic acids is 1. The minimum absolute atomic E-state index is 0.0112. The number of amides is 18. The lowest BCUT2D eigenvalue weighted by Gasteiger charge is -2.34. The van der Waals surface area contributed by atoms with Crippen molar-refractivity contribution >= 4 is 135 Å². The number of phenolic OH excluding ortho intramolecular Hbond substituents is 1. The standard InChI is InChI=1S/C89H121N19O22S/c1-44(2)32-58-76(117)99-61(34-50-23-27-53(28-24-50)52-18-13-12-14-19-52)83(124)106-74(47(7)8)89(130)107(11)49(10)88(129)108-31-17-22-68(108)86(127)102-64(38-70(91)112)80(121)97-59(33-45(3)4)82(123)105-73(46(5)6)87(128)103-66(41-109)84(125)104-67(85(126)94-48(9)75(92)116)42-131-43-71(113)95-63(37-69(90)111)79(120)98-60(35-51-25-29-55(110)30-26-51)77(118)101-65(39-72(114)115)81(122)100-62(78(119)96-58)36-54-40-93-57-21-16-15-20-56(54)57/h12-16,18-21,23-30,40,44-49,58-68,73-74,93,109-110H,17,22,31-39,41-43H2,1-11H3,(H2,90,111)(H2,91,112)(H2,92,116)(H,94,126)(H,95,113)(H,96,119)(H,97,121)(H,98,120)(H,99,117)(H,100,122)(H,101,118)(H,102,127)(H,103,128)(H,104,125)(H,105,123)(H,106,124)(H,114,115)/t48-,49-,58-,59-,60-,61-,62-,63-,64-,65-,66-,67-,68+,73-,74-/m0/s1. The van der Waals surface area contributed by atoms with Gasteiger partial charge in [0.15, 0.2) is 0 Å². The molecule has 0 unspecified atom stereocenters. The highest BCUT2D eigenvalue weighted by Crippen LogP contribution is 2.26. The molecular weight excluding hydrogens is 1720 g/mol. The van der Waals surface area contributed by atoms with Crippen molar-refractivity contribution in [3.8, 4) is 16.9 Å². The third kappa shape index (κ3) is 31.4. The predicted octanol–water partition coefficient (Wildman–Crippen LogP) is -2.42. The molecule has 0 saturated carbocycles. The number of aromatic nitrogens is 1. The maximum Gasteiger partial charge on any atom is 0.305 e. The molecule has 2 fully saturated rings. The Morgan fingerprint density at radius 1 is 0.481 bits per heavy atom. The van der Waals surface area contributed by atoms with Crippen LogP contribution in [0.15, 0.2) is 109 Å². The number of aromatic hydroxyl groups is 1. The monoisotopic (exact) mass is 1840 g/mol. The first-order valence-electron chi connectivity index (χ1n) is 43.1. The van der Waals surface area contributed by atoms with Crippen molar-refractivity contribution in [1.82, 2.24) is 83.9 Å². The fraction of sp³-hybridized carbons (Fsp3) is 0.494. The van der Waals surface area contributed by atoms with Crippen LogP contribution in [-0.4, -0.2) is 265 Å². The van der Waals surface area contributed by atoms with Crippen LogP contribution < -0.4 is 86.3 Å². The maximum absolute atomic E-state index is 15.4. The van der Waals surface area contributed by atoms with Gasteiger partial charge in [0, 0.05) is 55.7 Å². The third-order valence-electron chi connectivity index (χ3n) is 22.0. The van der Waals surface area contributed by atoms with Gasteiger partial charge in [-0.15, -0.1) is 11.8 Å². The van der Waals surface area contributed by atoms with E-state index in [2.05, 4.69) is 74.1 Å². The van der Waals surface area contributed by atoms with Crippen molar-refractivity contribution in [2.45, 2.75) is 224 Å². The van der Waals surface area contributed by atoms with Crippen LogP contribution in [0.3, 0.4) is 0 Å². The fourth-order valence-electron chi connectivity index (χ4n) is 14.7. The van der Waals surface area contributed by atoms with Crippen molar-refractivity contribution in [1.29, 1.82) is 0 Å². The topological polar surface area (TPSA) is 642 Å². The van der Waals surface area contributed by atoms with Gasteiger partial charge < -0.3 is 116 Å². The van der Waals surface area contributed by atoms with Crippen molar-refractivity contribution in [3.63, 3.8) is 0 Å². The number of nitrogens with zero attached hydrogens (tertiary/aromatic N) is 2. The van der Waals surface area contributed by atoms with Gasteiger partial charge >= 0.3 is 5.97 Å². The Morgan fingerprint density at radius 2 is 0.916 bits per heavy atom. The molecule has 3 heterocycles. The van der Waals surface area contributed by atoms with Gasteiger partial charge in [-0.2, -0.15) is 0 Å². The van der Waals surface area contributed by atoms with Gasteiger partial charge in [0.1, 0.15) is 96.4 Å². The number of para-hydroxylation sites is 1. The summed E-state index contributed by atoms with van der Waals surface area (Å²) in [7, 11) is 1.30. The molecule has 710 valence electrons. The molecule has 131 heavy (non-hydrogen) atoms. The molecule has 0 radical (unpaired) electrons. The van der Waals surface area contributed by atoms with Crippen LogP contribution in [0.5, 0.6) is 5.75 Å². The number of hydrogen-bond donors (Lipinski definition) is 20. The van der Waals surface area contributed by atoms with E-state index in [1.165, 1.54) is 63.9 Å². The number of fused-ring (bicyclic) bond motifs is 2. The van der Waals surface area contributed by atoms with E-state index in [9.17, 15) is 82.4 Å². The molecule has 4 aromatic carbocycles. The molecule has 1 aromatic heterocycles. The minimum Gasteiger partial charge on any atom is -0.508 e. The number of aliphatic hydroxyl groups excluding tert-OH is 1. The van der Waals surface area contributed by atoms with Crippen LogP contribution in [0.2, 0.25) is 0 Å². The van der Waals surface area contributed by atoms with Crippen LogP contribution in [0, 0.1) is 23.7 Å². The van der Waals surface area contributed by atoms with Crippen LogP contribution in [0.4, 0.5) is 0 Å². The third-order valence-corrected chi connectivity index (χ3v) is 23.1. The highest BCUT2D eigenvalue weighted by Gasteiger charge is 2.44. The van der Waals surface area contributed by atoms with Gasteiger partial charge in [0.25, 0.3) is 0 Å².